The number of hydrogen-bond donors (Lipinski definition) is 0. The van der Waals surface area contributed by atoms with E-state index in [1.54, 1.807) is 13.2 Å². The fourth-order valence-corrected chi connectivity index (χ4v) is 1.63. The largest absolute Gasteiger partial charge is 0.272 e. The van der Waals surface area contributed by atoms with Crippen LogP contribution in [0.15, 0.2) is 22.9 Å². The van der Waals surface area contributed by atoms with Gasteiger partial charge in [0.15, 0.2) is 0 Å². The van der Waals surface area contributed by atoms with E-state index in [9.17, 15) is 4.79 Å². The van der Waals surface area contributed by atoms with E-state index in [0.29, 0.717) is 11.2 Å². The Bertz CT molecular complexity index is 371. The van der Waals surface area contributed by atoms with Gasteiger partial charge in [-0.15, -0.1) is 0 Å². The SMILES string of the molecule is CCCCON(C)C(=O)Cc1cccnc1Br. The Morgan fingerprint density at radius 2 is 2.35 bits per heavy atom. The summed E-state index contributed by atoms with van der Waals surface area (Å²) >= 11 is 3.32. The second-order valence-electron chi connectivity index (χ2n) is 3.71. The van der Waals surface area contributed by atoms with Crippen LogP contribution < -0.4 is 0 Å². The van der Waals surface area contributed by atoms with Crippen molar-refractivity contribution in [2.45, 2.75) is 26.2 Å². The highest BCUT2D eigenvalue weighted by Gasteiger charge is 2.12. The molecule has 0 fully saturated rings. The second-order valence-corrected chi connectivity index (χ2v) is 4.46. The summed E-state index contributed by atoms with van der Waals surface area (Å²) in [6.07, 6.45) is 3.97. The quantitative estimate of drug-likeness (QED) is 0.461. The molecule has 0 aromatic carbocycles. The van der Waals surface area contributed by atoms with Gasteiger partial charge >= 0.3 is 0 Å². The fourth-order valence-electron chi connectivity index (χ4n) is 1.24. The lowest BCUT2D eigenvalue weighted by Gasteiger charge is -2.16. The first-order valence-electron chi connectivity index (χ1n) is 5.64. The molecule has 0 N–H and O–H groups in total. The van der Waals surface area contributed by atoms with Crippen molar-refractivity contribution in [3.8, 4) is 0 Å². The third-order valence-corrected chi connectivity index (χ3v) is 3.03. The van der Waals surface area contributed by atoms with Gasteiger partial charge in [0, 0.05) is 13.2 Å². The Morgan fingerprint density at radius 1 is 1.59 bits per heavy atom. The third-order valence-electron chi connectivity index (χ3n) is 2.31. The van der Waals surface area contributed by atoms with Crippen LogP contribution in [0.5, 0.6) is 0 Å². The van der Waals surface area contributed by atoms with E-state index < -0.39 is 0 Å². The van der Waals surface area contributed by atoms with Crippen LogP contribution in [0.25, 0.3) is 0 Å². The molecule has 1 aromatic rings. The first-order valence-corrected chi connectivity index (χ1v) is 6.43. The zero-order chi connectivity index (χ0) is 12.7. The second kappa shape index (κ2) is 7.40. The first kappa shape index (κ1) is 14.1. The number of carbonyl (C=O) groups excluding carboxylic acids is 1. The molecule has 4 nitrogen and oxygen atoms in total. The molecule has 0 spiro atoms. The predicted octanol–water partition coefficient (Wildman–Crippen LogP) is 2.58. The summed E-state index contributed by atoms with van der Waals surface area (Å²) in [5, 5.41) is 1.30. The molecular weight excluding hydrogens is 284 g/mol. The summed E-state index contributed by atoms with van der Waals surface area (Å²) in [7, 11) is 1.64. The fraction of sp³-hybridized carbons (Fsp3) is 0.500. The molecule has 17 heavy (non-hydrogen) atoms. The maximum atomic E-state index is 11.8. The number of pyridine rings is 1. The molecule has 1 heterocycles. The highest BCUT2D eigenvalue weighted by atomic mass is 79.9. The molecule has 0 aliphatic carbocycles. The molecule has 0 bridgehead atoms. The van der Waals surface area contributed by atoms with Crippen molar-refractivity contribution >= 4 is 21.8 Å². The Balaban J connectivity index is 2.46. The number of amides is 1. The standard InChI is InChI=1S/C12H17BrN2O2/c1-3-4-8-17-15(2)11(16)9-10-6-5-7-14-12(10)13/h5-7H,3-4,8-9H2,1-2H3. The lowest BCUT2D eigenvalue weighted by Crippen LogP contribution is -2.29. The normalized spacial score (nSPS) is 10.3. The number of carbonyl (C=O) groups is 1. The van der Waals surface area contributed by atoms with E-state index in [4.69, 9.17) is 4.84 Å². The number of likely N-dealkylation sites (N-methyl/N-ethyl adjacent to an activating group) is 1. The lowest BCUT2D eigenvalue weighted by atomic mass is 10.2. The lowest BCUT2D eigenvalue weighted by molar-refractivity contribution is -0.177. The van der Waals surface area contributed by atoms with Crippen LogP contribution >= 0.6 is 15.9 Å². The highest BCUT2D eigenvalue weighted by molar-refractivity contribution is 9.10. The van der Waals surface area contributed by atoms with E-state index in [2.05, 4.69) is 27.8 Å². The van der Waals surface area contributed by atoms with Gasteiger partial charge in [-0.25, -0.2) is 10.0 Å². The number of aromatic nitrogens is 1. The third kappa shape index (κ3) is 4.83. The smallest absolute Gasteiger partial charge is 0.250 e. The van der Waals surface area contributed by atoms with E-state index in [1.165, 1.54) is 5.06 Å². The maximum Gasteiger partial charge on any atom is 0.250 e. The van der Waals surface area contributed by atoms with Crippen molar-refractivity contribution in [3.63, 3.8) is 0 Å². The van der Waals surface area contributed by atoms with Crippen LogP contribution in [0, 0.1) is 0 Å². The molecule has 0 radical (unpaired) electrons. The van der Waals surface area contributed by atoms with Gasteiger partial charge in [-0.2, -0.15) is 0 Å². The monoisotopic (exact) mass is 300 g/mol. The predicted molar refractivity (Wildman–Crippen MR) is 69.3 cm³/mol. The molecule has 0 aliphatic heterocycles. The van der Waals surface area contributed by atoms with Gasteiger partial charge in [0.2, 0.25) is 5.91 Å². The van der Waals surface area contributed by atoms with Crippen molar-refractivity contribution in [1.82, 2.24) is 10.0 Å². The zero-order valence-electron chi connectivity index (χ0n) is 10.1. The summed E-state index contributed by atoms with van der Waals surface area (Å²) in [5.74, 6) is -0.0743. The Hall–Kier alpha value is -0.940. The average Bonchev–Trinajstić information content (AvgIpc) is 2.32. The molecule has 0 aliphatic rings. The Morgan fingerprint density at radius 3 is 3.00 bits per heavy atom. The molecule has 0 atom stereocenters. The van der Waals surface area contributed by atoms with Crippen molar-refractivity contribution in [2.24, 2.45) is 0 Å². The Kier molecular flexibility index (Phi) is 6.15. The zero-order valence-corrected chi connectivity index (χ0v) is 11.7. The summed E-state index contributed by atoms with van der Waals surface area (Å²) in [6.45, 7) is 2.66. The molecule has 0 saturated heterocycles. The topological polar surface area (TPSA) is 42.4 Å². The van der Waals surface area contributed by atoms with Crippen LogP contribution in [-0.4, -0.2) is 29.6 Å². The number of nitrogens with zero attached hydrogens (tertiary/aromatic N) is 2. The number of rotatable bonds is 6. The van der Waals surface area contributed by atoms with E-state index >= 15 is 0 Å². The van der Waals surface area contributed by atoms with Gasteiger partial charge in [-0.3, -0.25) is 9.63 Å². The molecule has 1 aromatic heterocycles. The van der Waals surface area contributed by atoms with Gasteiger partial charge in [0.25, 0.3) is 0 Å². The summed E-state index contributed by atoms with van der Waals surface area (Å²) in [4.78, 5) is 21.2. The van der Waals surface area contributed by atoms with Crippen LogP contribution in [0.4, 0.5) is 0 Å². The molecule has 1 rings (SSSR count). The van der Waals surface area contributed by atoms with Crippen molar-refractivity contribution < 1.29 is 9.63 Å². The van der Waals surface area contributed by atoms with Crippen molar-refractivity contribution in [1.29, 1.82) is 0 Å². The molecule has 1 amide bonds. The van der Waals surface area contributed by atoms with Gasteiger partial charge in [0.1, 0.15) is 4.60 Å². The van der Waals surface area contributed by atoms with Crippen LogP contribution in [0.3, 0.4) is 0 Å². The Labute approximate surface area is 110 Å². The molecule has 5 heteroatoms. The number of hydrogen-bond acceptors (Lipinski definition) is 3. The molecule has 94 valence electrons. The summed E-state index contributed by atoms with van der Waals surface area (Å²) in [5.41, 5.74) is 0.864. The van der Waals surface area contributed by atoms with Crippen molar-refractivity contribution in [3.05, 3.63) is 28.5 Å². The molecule has 0 saturated carbocycles. The number of halogens is 1. The number of unbranched alkanes of at least 4 members (excludes halogenated alkanes) is 1. The van der Waals surface area contributed by atoms with Crippen LogP contribution in [0.1, 0.15) is 25.3 Å². The molecule has 0 unspecified atom stereocenters. The van der Waals surface area contributed by atoms with Crippen LogP contribution in [-0.2, 0) is 16.1 Å². The molecular formula is C12H17BrN2O2. The average molecular weight is 301 g/mol. The summed E-state index contributed by atoms with van der Waals surface area (Å²) < 4.78 is 0.704. The van der Waals surface area contributed by atoms with E-state index in [-0.39, 0.29) is 12.3 Å². The van der Waals surface area contributed by atoms with Crippen LogP contribution in [0.2, 0.25) is 0 Å². The highest BCUT2D eigenvalue weighted by Crippen LogP contribution is 2.13. The first-order chi connectivity index (χ1) is 8.15. The minimum absolute atomic E-state index is 0.0743. The van der Waals surface area contributed by atoms with Gasteiger partial charge < -0.3 is 0 Å². The number of hydroxylamine groups is 2. The minimum Gasteiger partial charge on any atom is -0.272 e. The van der Waals surface area contributed by atoms with E-state index in [1.807, 2.05) is 12.1 Å². The maximum absolute atomic E-state index is 11.8. The van der Waals surface area contributed by atoms with Gasteiger partial charge in [0.05, 0.1) is 13.0 Å². The van der Waals surface area contributed by atoms with Gasteiger partial charge in [-0.1, -0.05) is 19.4 Å². The minimum atomic E-state index is -0.0743. The van der Waals surface area contributed by atoms with Crippen molar-refractivity contribution in [2.75, 3.05) is 13.7 Å². The summed E-state index contributed by atoms with van der Waals surface area (Å²) in [6, 6.07) is 3.68. The van der Waals surface area contributed by atoms with Gasteiger partial charge in [-0.05, 0) is 34.0 Å². The van der Waals surface area contributed by atoms with E-state index in [0.717, 1.165) is 18.4 Å².